The van der Waals surface area contributed by atoms with Crippen molar-refractivity contribution in [3.05, 3.63) is 18.1 Å². The molecule has 0 spiro atoms. The summed E-state index contributed by atoms with van der Waals surface area (Å²) in [5, 5.41) is 0. The molecule has 0 aliphatic carbocycles. The van der Waals surface area contributed by atoms with Gasteiger partial charge in [0.05, 0.1) is 18.1 Å². The first-order valence-corrected chi connectivity index (χ1v) is 6.35. The van der Waals surface area contributed by atoms with E-state index in [-0.39, 0.29) is 0 Å². The van der Waals surface area contributed by atoms with Crippen LogP contribution in [0.3, 0.4) is 0 Å². The molecule has 1 aromatic heterocycles. The zero-order valence-corrected chi connectivity index (χ0v) is 11.1. The van der Waals surface area contributed by atoms with Crippen LogP contribution in [0.15, 0.2) is 12.4 Å². The van der Waals surface area contributed by atoms with Crippen molar-refractivity contribution in [1.29, 1.82) is 0 Å². The number of hydrogen-bond acceptors (Lipinski definition) is 6. The summed E-state index contributed by atoms with van der Waals surface area (Å²) < 4.78 is 0. The number of hydrogen-bond donors (Lipinski definition) is 2. The number of hydrazine groups is 1. The Bertz CT molecular complexity index is 357. The molecule has 100 valence electrons. The van der Waals surface area contributed by atoms with E-state index < -0.39 is 0 Å². The lowest BCUT2D eigenvalue weighted by Gasteiger charge is -2.34. The second-order valence-corrected chi connectivity index (χ2v) is 4.99. The van der Waals surface area contributed by atoms with E-state index in [0.29, 0.717) is 11.9 Å². The van der Waals surface area contributed by atoms with Gasteiger partial charge in [-0.15, -0.1) is 0 Å². The van der Waals surface area contributed by atoms with Crippen molar-refractivity contribution in [1.82, 2.24) is 19.8 Å². The minimum Gasteiger partial charge on any atom is -0.307 e. The zero-order valence-electron chi connectivity index (χ0n) is 11.1. The molecule has 0 aromatic carbocycles. The summed E-state index contributed by atoms with van der Waals surface area (Å²) in [6.07, 6.45) is 5.89. The number of nitrogens with zero attached hydrogens (tertiary/aromatic N) is 4. The zero-order chi connectivity index (χ0) is 13.0. The van der Waals surface area contributed by atoms with Gasteiger partial charge in [0.25, 0.3) is 0 Å². The van der Waals surface area contributed by atoms with Gasteiger partial charge < -0.3 is 10.3 Å². The minimum absolute atomic E-state index is 0.598. The Hall–Kier alpha value is -1.24. The lowest BCUT2D eigenvalue weighted by atomic mass is 10.0. The van der Waals surface area contributed by atoms with Crippen LogP contribution in [0.2, 0.25) is 0 Å². The van der Waals surface area contributed by atoms with Crippen LogP contribution in [-0.4, -0.2) is 53.0 Å². The summed E-state index contributed by atoms with van der Waals surface area (Å²) in [6.45, 7) is 3.19. The van der Waals surface area contributed by atoms with E-state index in [1.54, 1.807) is 12.4 Å². The third-order valence-corrected chi connectivity index (χ3v) is 3.58. The molecular weight excluding hydrogens is 228 g/mol. The fourth-order valence-corrected chi connectivity index (χ4v) is 2.33. The molecule has 18 heavy (non-hydrogen) atoms. The summed E-state index contributed by atoms with van der Waals surface area (Å²) in [7, 11) is 4.34. The van der Waals surface area contributed by atoms with E-state index >= 15 is 0 Å². The number of nitrogen functional groups attached to an aromatic ring is 1. The maximum Gasteiger partial charge on any atom is 0.158 e. The normalized spacial score (nSPS) is 18.2. The monoisotopic (exact) mass is 250 g/mol. The van der Waals surface area contributed by atoms with Crippen molar-refractivity contribution >= 4 is 5.82 Å². The summed E-state index contributed by atoms with van der Waals surface area (Å²) in [5.74, 6) is 5.86. The molecule has 0 atom stereocenters. The van der Waals surface area contributed by atoms with Crippen molar-refractivity contribution in [2.75, 3.05) is 32.6 Å². The van der Waals surface area contributed by atoms with Crippen LogP contribution in [0, 0.1) is 0 Å². The number of nitrogens with two attached hydrogens (primary N) is 1. The van der Waals surface area contributed by atoms with E-state index in [1.807, 2.05) is 0 Å². The van der Waals surface area contributed by atoms with Crippen molar-refractivity contribution in [2.24, 2.45) is 5.84 Å². The van der Waals surface area contributed by atoms with Gasteiger partial charge in [-0.25, -0.2) is 10.8 Å². The molecule has 1 fully saturated rings. The van der Waals surface area contributed by atoms with E-state index in [2.05, 4.69) is 39.3 Å². The summed E-state index contributed by atoms with van der Waals surface area (Å²) in [6, 6.07) is 0.648. The van der Waals surface area contributed by atoms with Crippen LogP contribution < -0.4 is 11.3 Å². The number of likely N-dealkylation sites (tertiary alicyclic amines) is 1. The van der Waals surface area contributed by atoms with Crippen LogP contribution in [0.25, 0.3) is 0 Å². The highest BCUT2D eigenvalue weighted by Crippen LogP contribution is 2.15. The van der Waals surface area contributed by atoms with Crippen LogP contribution in [0.1, 0.15) is 18.5 Å². The number of nitrogens with one attached hydrogen (secondary N) is 1. The predicted octanol–water partition coefficient (Wildman–Crippen LogP) is 0.288. The Morgan fingerprint density at radius 1 is 1.39 bits per heavy atom. The van der Waals surface area contributed by atoms with Gasteiger partial charge >= 0.3 is 0 Å². The Kier molecular flexibility index (Phi) is 4.46. The molecule has 1 aliphatic heterocycles. The van der Waals surface area contributed by atoms with Crippen LogP contribution in [-0.2, 0) is 6.54 Å². The Morgan fingerprint density at radius 2 is 2.11 bits per heavy atom. The molecule has 0 bridgehead atoms. The minimum atomic E-state index is 0.598. The van der Waals surface area contributed by atoms with E-state index in [9.17, 15) is 0 Å². The van der Waals surface area contributed by atoms with Gasteiger partial charge in [-0.3, -0.25) is 9.88 Å². The van der Waals surface area contributed by atoms with Gasteiger partial charge in [0.1, 0.15) is 0 Å². The lowest BCUT2D eigenvalue weighted by Crippen LogP contribution is -2.41. The molecule has 1 aromatic rings. The molecule has 0 unspecified atom stereocenters. The molecule has 0 saturated carbocycles. The fraction of sp³-hybridized carbons (Fsp3) is 0.667. The number of rotatable bonds is 4. The standard InChI is InChI=1S/C12H22N6/c1-17-5-3-11(4-6-17)18(2)9-10-7-15-12(16-13)8-14-10/h7-8,11H,3-6,9,13H2,1-2H3,(H,15,16). The molecule has 2 rings (SSSR count). The highest BCUT2D eigenvalue weighted by atomic mass is 15.3. The number of anilines is 1. The second-order valence-electron chi connectivity index (χ2n) is 4.99. The first-order valence-electron chi connectivity index (χ1n) is 6.35. The van der Waals surface area contributed by atoms with Crippen molar-refractivity contribution in [3.63, 3.8) is 0 Å². The third-order valence-electron chi connectivity index (χ3n) is 3.58. The molecule has 6 heteroatoms. The summed E-state index contributed by atoms with van der Waals surface area (Å²) in [5.41, 5.74) is 3.46. The van der Waals surface area contributed by atoms with Gasteiger partial charge in [-0.05, 0) is 40.0 Å². The van der Waals surface area contributed by atoms with Gasteiger partial charge in [0.15, 0.2) is 5.82 Å². The topological polar surface area (TPSA) is 70.3 Å². The molecular formula is C12H22N6. The third kappa shape index (κ3) is 3.38. The fourth-order valence-electron chi connectivity index (χ4n) is 2.33. The predicted molar refractivity (Wildman–Crippen MR) is 71.8 cm³/mol. The van der Waals surface area contributed by atoms with Crippen molar-refractivity contribution < 1.29 is 0 Å². The first kappa shape index (κ1) is 13.2. The maximum absolute atomic E-state index is 5.26. The van der Waals surface area contributed by atoms with Crippen LogP contribution in [0.4, 0.5) is 5.82 Å². The molecule has 0 amide bonds. The molecule has 3 N–H and O–H groups in total. The molecule has 0 radical (unpaired) electrons. The largest absolute Gasteiger partial charge is 0.307 e. The molecule has 1 saturated heterocycles. The van der Waals surface area contributed by atoms with Crippen LogP contribution >= 0.6 is 0 Å². The van der Waals surface area contributed by atoms with Gasteiger partial charge in [0.2, 0.25) is 0 Å². The summed E-state index contributed by atoms with van der Waals surface area (Å²) >= 11 is 0. The SMILES string of the molecule is CN1CCC(N(C)Cc2cnc(NN)cn2)CC1. The van der Waals surface area contributed by atoms with E-state index in [4.69, 9.17) is 5.84 Å². The Labute approximate surface area is 108 Å². The quantitative estimate of drug-likeness (QED) is 0.591. The van der Waals surface area contributed by atoms with E-state index in [1.165, 1.54) is 25.9 Å². The lowest BCUT2D eigenvalue weighted by molar-refractivity contribution is 0.138. The number of aromatic nitrogens is 2. The van der Waals surface area contributed by atoms with Crippen molar-refractivity contribution in [2.45, 2.75) is 25.4 Å². The average Bonchev–Trinajstić information content (AvgIpc) is 2.40. The first-order chi connectivity index (χ1) is 8.69. The Balaban J connectivity index is 1.87. The Morgan fingerprint density at radius 3 is 2.67 bits per heavy atom. The summed E-state index contributed by atoms with van der Waals surface area (Å²) in [4.78, 5) is 13.3. The molecule has 2 heterocycles. The number of piperidine rings is 1. The van der Waals surface area contributed by atoms with Gasteiger partial charge in [0, 0.05) is 12.6 Å². The van der Waals surface area contributed by atoms with E-state index in [0.717, 1.165) is 12.2 Å². The smallest absolute Gasteiger partial charge is 0.158 e. The van der Waals surface area contributed by atoms with Crippen LogP contribution in [0.5, 0.6) is 0 Å². The molecule has 6 nitrogen and oxygen atoms in total. The average molecular weight is 250 g/mol. The maximum atomic E-state index is 5.26. The van der Waals surface area contributed by atoms with Gasteiger partial charge in [-0.1, -0.05) is 0 Å². The highest BCUT2D eigenvalue weighted by Gasteiger charge is 2.20. The molecule has 1 aliphatic rings. The van der Waals surface area contributed by atoms with Crippen molar-refractivity contribution in [3.8, 4) is 0 Å². The second kappa shape index (κ2) is 6.08. The van der Waals surface area contributed by atoms with Gasteiger partial charge in [-0.2, -0.15) is 0 Å². The highest BCUT2D eigenvalue weighted by molar-refractivity contribution is 5.28.